The van der Waals surface area contributed by atoms with E-state index < -0.39 is 0 Å². The topological polar surface area (TPSA) is 86.9 Å². The van der Waals surface area contributed by atoms with Crippen molar-refractivity contribution in [3.63, 3.8) is 0 Å². The van der Waals surface area contributed by atoms with Crippen LogP contribution in [0.3, 0.4) is 0 Å². The van der Waals surface area contributed by atoms with Crippen molar-refractivity contribution in [3.8, 4) is 0 Å². The third-order valence-corrected chi connectivity index (χ3v) is 3.12. The van der Waals surface area contributed by atoms with Crippen LogP contribution in [0.1, 0.15) is 38.4 Å². The number of primary amides is 1. The predicted molar refractivity (Wildman–Crippen MR) is 76.7 cm³/mol. The third kappa shape index (κ3) is 2.86. The van der Waals surface area contributed by atoms with E-state index in [1.807, 2.05) is 18.2 Å². The number of carbonyl (C=O) groups is 1. The number of hydrogen-bond donors (Lipinski definition) is 2. The molecule has 0 bridgehead atoms. The maximum absolute atomic E-state index is 10.8. The van der Waals surface area contributed by atoms with Crippen LogP contribution in [0.5, 0.6) is 0 Å². The van der Waals surface area contributed by atoms with Crippen LogP contribution in [0, 0.1) is 0 Å². The van der Waals surface area contributed by atoms with E-state index in [0.29, 0.717) is 18.0 Å². The fraction of sp³-hybridized carbons (Fsp3) is 0.429. The first-order valence-corrected chi connectivity index (χ1v) is 6.53. The van der Waals surface area contributed by atoms with E-state index >= 15 is 0 Å². The Morgan fingerprint density at radius 3 is 2.79 bits per heavy atom. The van der Waals surface area contributed by atoms with Crippen molar-refractivity contribution in [3.05, 3.63) is 24.0 Å². The lowest BCUT2D eigenvalue weighted by Gasteiger charge is -2.10. The molecule has 0 saturated heterocycles. The minimum Gasteiger partial charge on any atom is -0.399 e. The summed E-state index contributed by atoms with van der Waals surface area (Å²) in [5.74, 6) is 1.08. The van der Waals surface area contributed by atoms with E-state index in [4.69, 9.17) is 11.5 Å². The highest BCUT2D eigenvalue weighted by atomic mass is 16.1. The van der Waals surface area contributed by atoms with Gasteiger partial charge in [-0.05, 0) is 24.6 Å². The summed E-state index contributed by atoms with van der Waals surface area (Å²) in [5.41, 5.74) is 13.6. The van der Waals surface area contributed by atoms with Crippen LogP contribution in [0.2, 0.25) is 0 Å². The molecule has 0 saturated carbocycles. The van der Waals surface area contributed by atoms with Crippen molar-refractivity contribution in [2.24, 2.45) is 5.73 Å². The summed E-state index contributed by atoms with van der Waals surface area (Å²) in [5, 5.41) is 0. The summed E-state index contributed by atoms with van der Waals surface area (Å²) in [4.78, 5) is 15.5. The van der Waals surface area contributed by atoms with E-state index in [2.05, 4.69) is 23.4 Å². The molecule has 0 aliphatic carbocycles. The van der Waals surface area contributed by atoms with Gasteiger partial charge in [-0.1, -0.05) is 13.8 Å². The minimum absolute atomic E-state index is 0.264. The van der Waals surface area contributed by atoms with Gasteiger partial charge < -0.3 is 16.0 Å². The number of carbonyl (C=O) groups excluding carboxylic acids is 1. The maximum Gasteiger partial charge on any atom is 0.217 e. The number of nitrogens with zero attached hydrogens (tertiary/aromatic N) is 2. The average Bonchev–Trinajstić information content (AvgIpc) is 2.67. The lowest BCUT2D eigenvalue weighted by Crippen LogP contribution is -2.12. The molecule has 1 aromatic heterocycles. The van der Waals surface area contributed by atoms with Gasteiger partial charge in [-0.2, -0.15) is 0 Å². The molecule has 5 nitrogen and oxygen atoms in total. The van der Waals surface area contributed by atoms with Gasteiger partial charge in [0.15, 0.2) is 0 Å². The van der Waals surface area contributed by atoms with Gasteiger partial charge in [0.2, 0.25) is 5.91 Å². The second kappa shape index (κ2) is 5.30. The first kappa shape index (κ1) is 13.4. The summed E-state index contributed by atoms with van der Waals surface area (Å²) >= 11 is 0. The molecule has 0 radical (unpaired) electrons. The average molecular weight is 260 g/mol. The van der Waals surface area contributed by atoms with Gasteiger partial charge in [0, 0.05) is 24.6 Å². The van der Waals surface area contributed by atoms with Crippen LogP contribution in [-0.4, -0.2) is 15.5 Å². The highest BCUT2D eigenvalue weighted by Gasteiger charge is 2.13. The van der Waals surface area contributed by atoms with Gasteiger partial charge in [0.05, 0.1) is 11.0 Å². The van der Waals surface area contributed by atoms with Crippen molar-refractivity contribution in [2.75, 3.05) is 5.73 Å². The number of benzene rings is 1. The monoisotopic (exact) mass is 260 g/mol. The molecule has 1 amide bonds. The number of fused-ring (bicyclic) bond motifs is 1. The maximum atomic E-state index is 10.8. The molecule has 0 unspecified atom stereocenters. The summed E-state index contributed by atoms with van der Waals surface area (Å²) in [7, 11) is 0. The fourth-order valence-electron chi connectivity index (χ4n) is 2.25. The molecule has 2 rings (SSSR count). The molecule has 1 heterocycles. The number of nitrogen functional groups attached to an aromatic ring is 1. The molecule has 1 aromatic carbocycles. The lowest BCUT2D eigenvalue weighted by atomic mass is 10.2. The molecule has 0 atom stereocenters. The predicted octanol–water partition coefficient (Wildman–Crippen LogP) is 2.01. The van der Waals surface area contributed by atoms with Crippen molar-refractivity contribution >= 4 is 22.6 Å². The van der Waals surface area contributed by atoms with Gasteiger partial charge in [0.25, 0.3) is 0 Å². The van der Waals surface area contributed by atoms with Gasteiger partial charge in [-0.3, -0.25) is 4.79 Å². The Bertz CT molecular complexity index is 601. The highest BCUT2D eigenvalue weighted by molar-refractivity contribution is 5.80. The van der Waals surface area contributed by atoms with Gasteiger partial charge >= 0.3 is 0 Å². The number of nitrogens with two attached hydrogens (primary N) is 2. The quantitative estimate of drug-likeness (QED) is 0.806. The van der Waals surface area contributed by atoms with Crippen LogP contribution in [-0.2, 0) is 11.3 Å². The molecule has 0 aliphatic rings. The Labute approximate surface area is 112 Å². The summed E-state index contributed by atoms with van der Waals surface area (Å²) in [6.07, 6.45) is 1.12. The van der Waals surface area contributed by atoms with Crippen LogP contribution in [0.15, 0.2) is 18.2 Å². The fourth-order valence-corrected chi connectivity index (χ4v) is 2.25. The summed E-state index contributed by atoms with van der Waals surface area (Å²) < 4.78 is 2.16. The zero-order valence-electron chi connectivity index (χ0n) is 11.4. The van der Waals surface area contributed by atoms with E-state index in [9.17, 15) is 4.79 Å². The Morgan fingerprint density at radius 1 is 1.42 bits per heavy atom. The van der Waals surface area contributed by atoms with E-state index in [1.54, 1.807) is 0 Å². The Hall–Kier alpha value is -2.04. The Balaban J connectivity index is 2.37. The molecule has 19 heavy (non-hydrogen) atoms. The van der Waals surface area contributed by atoms with Gasteiger partial charge in [-0.25, -0.2) is 4.98 Å². The highest BCUT2D eigenvalue weighted by Crippen LogP contribution is 2.24. The summed E-state index contributed by atoms with van der Waals surface area (Å²) in [6, 6.07) is 5.73. The van der Waals surface area contributed by atoms with E-state index in [1.165, 1.54) is 0 Å². The second-order valence-electron chi connectivity index (χ2n) is 5.09. The standard InChI is InChI=1S/C14H20N4O/c1-9(2)14-17-11-8-10(15)5-6-12(11)18(14)7-3-4-13(16)19/h5-6,8-9H,3-4,7,15H2,1-2H3,(H2,16,19). The number of amides is 1. The number of hydrogen-bond acceptors (Lipinski definition) is 3. The van der Waals surface area contributed by atoms with Crippen LogP contribution >= 0.6 is 0 Å². The van der Waals surface area contributed by atoms with Crippen molar-refractivity contribution in [2.45, 2.75) is 39.2 Å². The zero-order valence-corrected chi connectivity index (χ0v) is 11.4. The number of aryl methyl sites for hydroxylation is 1. The summed E-state index contributed by atoms with van der Waals surface area (Å²) in [6.45, 7) is 4.96. The SMILES string of the molecule is CC(C)c1nc2cc(N)ccc2n1CCCC(N)=O. The molecule has 0 fully saturated rings. The normalized spacial score (nSPS) is 11.3. The van der Waals surface area contributed by atoms with E-state index in [0.717, 1.165) is 29.8 Å². The van der Waals surface area contributed by atoms with Gasteiger partial charge in [0.1, 0.15) is 5.82 Å². The molecule has 0 spiro atoms. The Morgan fingerprint density at radius 2 is 2.16 bits per heavy atom. The first-order valence-electron chi connectivity index (χ1n) is 6.53. The molecule has 4 N–H and O–H groups in total. The smallest absolute Gasteiger partial charge is 0.217 e. The second-order valence-corrected chi connectivity index (χ2v) is 5.09. The Kier molecular flexibility index (Phi) is 3.74. The van der Waals surface area contributed by atoms with Crippen LogP contribution in [0.4, 0.5) is 5.69 Å². The van der Waals surface area contributed by atoms with Crippen molar-refractivity contribution < 1.29 is 4.79 Å². The molecule has 102 valence electrons. The van der Waals surface area contributed by atoms with Crippen molar-refractivity contribution in [1.29, 1.82) is 0 Å². The molecule has 5 heteroatoms. The first-order chi connectivity index (χ1) is 8.99. The zero-order chi connectivity index (χ0) is 14.0. The van der Waals surface area contributed by atoms with Gasteiger partial charge in [-0.15, -0.1) is 0 Å². The van der Waals surface area contributed by atoms with Crippen LogP contribution in [0.25, 0.3) is 11.0 Å². The van der Waals surface area contributed by atoms with Crippen molar-refractivity contribution in [1.82, 2.24) is 9.55 Å². The number of rotatable bonds is 5. The number of imidazole rings is 1. The number of anilines is 1. The largest absolute Gasteiger partial charge is 0.399 e. The van der Waals surface area contributed by atoms with E-state index in [-0.39, 0.29) is 5.91 Å². The minimum atomic E-state index is -0.264. The third-order valence-electron chi connectivity index (χ3n) is 3.12. The molecule has 0 aliphatic heterocycles. The number of aromatic nitrogens is 2. The molecular formula is C14H20N4O. The molecular weight excluding hydrogens is 240 g/mol. The van der Waals surface area contributed by atoms with Crippen LogP contribution < -0.4 is 11.5 Å². The molecule has 2 aromatic rings. The lowest BCUT2D eigenvalue weighted by molar-refractivity contribution is -0.118.